The molecule has 1 aromatic rings. The van der Waals surface area contributed by atoms with Gasteiger partial charge < -0.3 is 9.84 Å². The second-order valence-electron chi connectivity index (χ2n) is 5.54. The first-order valence-corrected chi connectivity index (χ1v) is 7.26. The molecule has 1 saturated carbocycles. The number of likely N-dealkylation sites (N-methyl/N-ethyl adjacent to an activating group) is 1. The number of hydrogen-bond donors (Lipinski definition) is 1. The van der Waals surface area contributed by atoms with Gasteiger partial charge in [0.15, 0.2) is 5.82 Å². The molecule has 0 aromatic carbocycles. The number of aryl methyl sites for hydroxylation is 1. The van der Waals surface area contributed by atoms with Crippen LogP contribution in [0.15, 0.2) is 4.52 Å². The zero-order valence-corrected chi connectivity index (χ0v) is 11.6. The van der Waals surface area contributed by atoms with E-state index >= 15 is 0 Å². The van der Waals surface area contributed by atoms with Gasteiger partial charge in [-0.15, -0.1) is 0 Å². The highest BCUT2D eigenvalue weighted by Gasteiger charge is 2.15. The monoisotopic (exact) mass is 251 g/mol. The van der Waals surface area contributed by atoms with Crippen molar-refractivity contribution in [2.24, 2.45) is 5.92 Å². The van der Waals surface area contributed by atoms with Crippen molar-refractivity contribution in [3.63, 3.8) is 0 Å². The lowest BCUT2D eigenvalue weighted by molar-refractivity contribution is 0.313. The van der Waals surface area contributed by atoms with E-state index in [-0.39, 0.29) is 0 Å². The van der Waals surface area contributed by atoms with Gasteiger partial charge in [-0.25, -0.2) is 0 Å². The minimum absolute atomic E-state index is 0.397. The van der Waals surface area contributed by atoms with Crippen molar-refractivity contribution in [3.8, 4) is 0 Å². The van der Waals surface area contributed by atoms with Gasteiger partial charge in [-0.1, -0.05) is 37.3 Å². The summed E-state index contributed by atoms with van der Waals surface area (Å²) in [5.74, 6) is 2.53. The van der Waals surface area contributed by atoms with Gasteiger partial charge in [-0.3, -0.25) is 0 Å². The second kappa shape index (κ2) is 6.88. The Kier molecular flexibility index (Phi) is 5.17. The normalized spacial score (nSPS) is 19.0. The van der Waals surface area contributed by atoms with Crippen LogP contribution in [0, 0.1) is 5.92 Å². The average Bonchev–Trinajstić information content (AvgIpc) is 2.85. The number of hydrogen-bond acceptors (Lipinski definition) is 4. The summed E-state index contributed by atoms with van der Waals surface area (Å²) in [6, 6.07) is 0.397. The van der Waals surface area contributed by atoms with E-state index in [2.05, 4.69) is 22.4 Å². The fourth-order valence-corrected chi connectivity index (χ4v) is 2.65. The van der Waals surface area contributed by atoms with Crippen LogP contribution in [0.2, 0.25) is 0 Å². The van der Waals surface area contributed by atoms with Crippen LogP contribution >= 0.6 is 0 Å². The molecule has 0 radical (unpaired) electrons. The number of aromatic nitrogens is 2. The molecule has 4 heteroatoms. The zero-order valence-electron chi connectivity index (χ0n) is 11.6. The highest BCUT2D eigenvalue weighted by molar-refractivity contribution is 4.89. The van der Waals surface area contributed by atoms with Gasteiger partial charge >= 0.3 is 0 Å². The molecule has 1 aliphatic carbocycles. The van der Waals surface area contributed by atoms with E-state index in [0.29, 0.717) is 6.04 Å². The summed E-state index contributed by atoms with van der Waals surface area (Å²) in [4.78, 5) is 4.46. The lowest BCUT2D eigenvalue weighted by atomic mass is 9.86. The minimum Gasteiger partial charge on any atom is -0.339 e. The minimum atomic E-state index is 0.397. The first-order valence-electron chi connectivity index (χ1n) is 7.26. The van der Waals surface area contributed by atoms with Crippen LogP contribution in [0.4, 0.5) is 0 Å². The van der Waals surface area contributed by atoms with Gasteiger partial charge in [0, 0.05) is 18.9 Å². The molecule has 18 heavy (non-hydrogen) atoms. The number of nitrogens with zero attached hydrogens (tertiary/aromatic N) is 2. The van der Waals surface area contributed by atoms with Gasteiger partial charge in [0.05, 0.1) is 0 Å². The van der Waals surface area contributed by atoms with E-state index in [1.54, 1.807) is 0 Å². The molecule has 0 aliphatic heterocycles. The summed E-state index contributed by atoms with van der Waals surface area (Å²) in [5.41, 5.74) is 0. The third-order valence-electron chi connectivity index (χ3n) is 3.98. The maximum Gasteiger partial charge on any atom is 0.226 e. The summed E-state index contributed by atoms with van der Waals surface area (Å²) in [5, 5.41) is 7.23. The predicted molar refractivity (Wildman–Crippen MR) is 71.4 cm³/mol. The molecule has 1 aliphatic rings. The Morgan fingerprint density at radius 3 is 2.83 bits per heavy atom. The summed E-state index contributed by atoms with van der Waals surface area (Å²) in [7, 11) is 1.95. The summed E-state index contributed by atoms with van der Waals surface area (Å²) in [6.45, 7) is 2.12. The molecule has 1 unspecified atom stereocenters. The van der Waals surface area contributed by atoms with Crippen LogP contribution in [-0.4, -0.2) is 23.2 Å². The molecule has 1 aromatic heterocycles. The van der Waals surface area contributed by atoms with Crippen LogP contribution in [0.5, 0.6) is 0 Å². The molecule has 1 atom stereocenters. The summed E-state index contributed by atoms with van der Waals surface area (Å²) in [6.07, 6.45) is 10.00. The van der Waals surface area contributed by atoms with Crippen LogP contribution in [0.3, 0.4) is 0 Å². The summed E-state index contributed by atoms with van der Waals surface area (Å²) < 4.78 is 5.31. The zero-order chi connectivity index (χ0) is 12.8. The van der Waals surface area contributed by atoms with Crippen LogP contribution < -0.4 is 5.32 Å². The topological polar surface area (TPSA) is 51.0 Å². The molecular formula is C14H25N3O. The Bertz CT molecular complexity index is 345. The van der Waals surface area contributed by atoms with Gasteiger partial charge in [0.1, 0.15) is 0 Å². The maximum atomic E-state index is 5.31. The van der Waals surface area contributed by atoms with Crippen molar-refractivity contribution in [1.82, 2.24) is 15.5 Å². The number of nitrogens with one attached hydrogen (secondary N) is 1. The van der Waals surface area contributed by atoms with Gasteiger partial charge in [0.2, 0.25) is 5.89 Å². The first kappa shape index (κ1) is 13.5. The Labute approximate surface area is 110 Å². The third-order valence-corrected chi connectivity index (χ3v) is 3.98. The molecule has 102 valence electrons. The van der Waals surface area contributed by atoms with E-state index in [1.807, 2.05) is 7.05 Å². The summed E-state index contributed by atoms with van der Waals surface area (Å²) >= 11 is 0. The van der Waals surface area contributed by atoms with Gasteiger partial charge in [0.25, 0.3) is 0 Å². The Morgan fingerprint density at radius 2 is 2.11 bits per heavy atom. The standard InChI is InChI=1S/C14H25N3O/c1-11(15-2)10-13-16-14(18-17-13)9-8-12-6-4-3-5-7-12/h11-12,15H,3-10H2,1-2H3. The van der Waals surface area contributed by atoms with E-state index in [0.717, 1.165) is 30.5 Å². The first-order chi connectivity index (χ1) is 8.78. The van der Waals surface area contributed by atoms with E-state index < -0.39 is 0 Å². The molecule has 0 saturated heterocycles. The van der Waals surface area contributed by atoms with Crippen LogP contribution in [-0.2, 0) is 12.8 Å². The SMILES string of the molecule is CNC(C)Cc1noc(CCC2CCCCC2)n1. The van der Waals surface area contributed by atoms with Crippen molar-refractivity contribution in [2.75, 3.05) is 7.05 Å². The van der Waals surface area contributed by atoms with Crippen molar-refractivity contribution >= 4 is 0 Å². The largest absolute Gasteiger partial charge is 0.339 e. The molecule has 1 N–H and O–H groups in total. The molecule has 0 spiro atoms. The Morgan fingerprint density at radius 1 is 1.33 bits per heavy atom. The number of rotatable bonds is 6. The Balaban J connectivity index is 1.75. The molecule has 1 fully saturated rings. The fraction of sp³-hybridized carbons (Fsp3) is 0.857. The predicted octanol–water partition coefficient (Wildman–Crippen LogP) is 2.73. The molecule has 0 amide bonds. The highest BCUT2D eigenvalue weighted by atomic mass is 16.5. The lowest BCUT2D eigenvalue weighted by Crippen LogP contribution is -2.24. The maximum absolute atomic E-state index is 5.31. The van der Waals surface area contributed by atoms with Crippen molar-refractivity contribution in [1.29, 1.82) is 0 Å². The quantitative estimate of drug-likeness (QED) is 0.844. The van der Waals surface area contributed by atoms with Gasteiger partial charge in [-0.05, 0) is 26.3 Å². The third kappa shape index (κ3) is 4.09. The van der Waals surface area contributed by atoms with Crippen molar-refractivity contribution in [2.45, 2.75) is 64.3 Å². The van der Waals surface area contributed by atoms with Crippen molar-refractivity contribution < 1.29 is 4.52 Å². The smallest absolute Gasteiger partial charge is 0.226 e. The lowest BCUT2D eigenvalue weighted by Gasteiger charge is -2.20. The van der Waals surface area contributed by atoms with Crippen LogP contribution in [0.25, 0.3) is 0 Å². The van der Waals surface area contributed by atoms with E-state index in [4.69, 9.17) is 4.52 Å². The Hall–Kier alpha value is -0.900. The molecule has 2 rings (SSSR count). The van der Waals surface area contributed by atoms with Crippen molar-refractivity contribution in [3.05, 3.63) is 11.7 Å². The molecule has 4 nitrogen and oxygen atoms in total. The van der Waals surface area contributed by atoms with Gasteiger partial charge in [-0.2, -0.15) is 4.98 Å². The average molecular weight is 251 g/mol. The second-order valence-corrected chi connectivity index (χ2v) is 5.54. The highest BCUT2D eigenvalue weighted by Crippen LogP contribution is 2.27. The fourth-order valence-electron chi connectivity index (χ4n) is 2.65. The molecule has 0 bridgehead atoms. The molecule has 1 heterocycles. The molecular weight excluding hydrogens is 226 g/mol. The van der Waals surface area contributed by atoms with E-state index in [1.165, 1.54) is 38.5 Å². The van der Waals surface area contributed by atoms with E-state index in [9.17, 15) is 0 Å². The van der Waals surface area contributed by atoms with Crippen LogP contribution in [0.1, 0.15) is 57.2 Å².